The summed E-state index contributed by atoms with van der Waals surface area (Å²) in [6, 6.07) is 20.9. The second kappa shape index (κ2) is 7.83. The minimum absolute atomic E-state index is 0.0265. The van der Waals surface area contributed by atoms with E-state index in [-0.39, 0.29) is 10.8 Å². The molecule has 0 saturated heterocycles. The summed E-state index contributed by atoms with van der Waals surface area (Å²) in [6.07, 6.45) is 22.9. The molecule has 0 aliphatic heterocycles. The summed E-state index contributed by atoms with van der Waals surface area (Å²) in [7, 11) is 0. The van der Waals surface area contributed by atoms with Gasteiger partial charge in [0.1, 0.15) is 0 Å². The molecule has 0 N–H and O–H groups in total. The van der Waals surface area contributed by atoms with Gasteiger partial charge in [0.05, 0.1) is 0 Å². The van der Waals surface area contributed by atoms with E-state index in [1.165, 1.54) is 60.0 Å². The van der Waals surface area contributed by atoms with Crippen molar-refractivity contribution in [2.45, 2.75) is 63.7 Å². The van der Waals surface area contributed by atoms with Gasteiger partial charge in [0.15, 0.2) is 0 Å². The van der Waals surface area contributed by atoms with Gasteiger partial charge in [-0.25, -0.2) is 0 Å². The minimum atomic E-state index is -0.0265. The first-order valence-electron chi connectivity index (χ1n) is 14.7. The summed E-state index contributed by atoms with van der Waals surface area (Å²) < 4.78 is 0. The van der Waals surface area contributed by atoms with Crippen LogP contribution < -0.4 is 0 Å². The molecule has 1 unspecified atom stereocenters. The molecule has 4 saturated carbocycles. The van der Waals surface area contributed by atoms with E-state index < -0.39 is 0 Å². The lowest BCUT2D eigenvalue weighted by Crippen LogP contribution is -2.56. The highest BCUT2D eigenvalue weighted by Gasteiger charge is 2.59. The Labute approximate surface area is 222 Å². The fourth-order valence-electron chi connectivity index (χ4n) is 10.1. The third-order valence-corrected chi connectivity index (χ3v) is 11.3. The molecule has 0 aromatic heterocycles. The largest absolute Gasteiger partial charge is 0.0763 e. The molecule has 4 bridgehead atoms. The summed E-state index contributed by atoms with van der Waals surface area (Å²) in [5.74, 6) is 4.00. The van der Waals surface area contributed by atoms with Crippen molar-refractivity contribution in [1.82, 2.24) is 0 Å². The van der Waals surface area contributed by atoms with Crippen molar-refractivity contribution in [3.63, 3.8) is 0 Å². The van der Waals surface area contributed by atoms with Gasteiger partial charge in [0, 0.05) is 16.7 Å². The van der Waals surface area contributed by atoms with Crippen molar-refractivity contribution in [2.75, 3.05) is 0 Å². The lowest BCUT2D eigenvalue weighted by molar-refractivity contribution is -0.0442. The molecule has 9 rings (SSSR count). The number of hydrogen-bond acceptors (Lipinski definition) is 0. The van der Waals surface area contributed by atoms with Crippen molar-refractivity contribution in [3.8, 4) is 0 Å². The van der Waals surface area contributed by atoms with Crippen molar-refractivity contribution in [1.29, 1.82) is 0 Å². The van der Waals surface area contributed by atoms with Crippen LogP contribution in [0.5, 0.6) is 0 Å². The molecule has 0 heterocycles. The molecule has 0 heteroatoms. The summed E-state index contributed by atoms with van der Waals surface area (Å²) in [6.45, 7) is 4.97. The molecule has 0 amide bonds. The molecule has 0 spiro atoms. The van der Waals surface area contributed by atoms with Crippen LogP contribution in [0.2, 0.25) is 0 Å². The van der Waals surface area contributed by atoms with Crippen LogP contribution in [0.25, 0.3) is 5.57 Å². The van der Waals surface area contributed by atoms with Gasteiger partial charge in [-0.3, -0.25) is 0 Å². The SMILES string of the molecule is CC(C)(C1=CCC(C2(c3ccccc3)C3CC4CC(C3)CC2C4)=C1)C1=C2C=CC=CC2c2ccccc21. The van der Waals surface area contributed by atoms with E-state index in [4.69, 9.17) is 0 Å². The molecular weight excluding hydrogens is 444 g/mol. The van der Waals surface area contributed by atoms with E-state index in [9.17, 15) is 0 Å². The number of hydrogen-bond donors (Lipinski definition) is 0. The third-order valence-electron chi connectivity index (χ3n) is 11.3. The third kappa shape index (κ3) is 2.96. The second-order valence-electron chi connectivity index (χ2n) is 13.3. The maximum absolute atomic E-state index is 2.70. The maximum Gasteiger partial charge on any atom is 0.0281 e. The zero-order valence-corrected chi connectivity index (χ0v) is 22.3. The predicted molar refractivity (Wildman–Crippen MR) is 154 cm³/mol. The van der Waals surface area contributed by atoms with Crippen LogP contribution in [0.15, 0.2) is 108 Å². The predicted octanol–water partition coefficient (Wildman–Crippen LogP) is 9.34. The molecule has 0 radical (unpaired) electrons. The molecule has 0 nitrogen and oxygen atoms in total. The number of benzene rings is 2. The standard InChI is InChI=1S/C37H38/c1-36(2,35-33-14-8-6-12-31(33)32-13-7-9-15-34(32)35)27-16-17-28(23-27)37(26-10-4-3-5-11-26)29-19-24-18-25(21-29)22-30(37)20-24/h3-16,23-25,29-31H,17-22H2,1-2H3. The average Bonchev–Trinajstić information content (AvgIpc) is 3.54. The first kappa shape index (κ1) is 22.2. The van der Waals surface area contributed by atoms with Crippen LogP contribution in [0, 0.1) is 29.1 Å². The van der Waals surface area contributed by atoms with Gasteiger partial charge < -0.3 is 0 Å². The molecular formula is C37H38. The van der Waals surface area contributed by atoms with Gasteiger partial charge in [-0.05, 0) is 95.6 Å². The molecule has 7 aliphatic carbocycles. The quantitative estimate of drug-likeness (QED) is 0.407. The molecule has 186 valence electrons. The van der Waals surface area contributed by atoms with E-state index >= 15 is 0 Å². The first-order chi connectivity index (χ1) is 18.1. The molecule has 1 atom stereocenters. The molecule has 2 aromatic rings. The lowest BCUT2D eigenvalue weighted by atomic mass is 9.42. The highest BCUT2D eigenvalue weighted by molar-refractivity contribution is 5.87. The lowest BCUT2D eigenvalue weighted by Gasteiger charge is -2.62. The highest BCUT2D eigenvalue weighted by Crippen LogP contribution is 2.67. The van der Waals surface area contributed by atoms with Crippen LogP contribution in [0.4, 0.5) is 0 Å². The minimum Gasteiger partial charge on any atom is -0.0763 e. The van der Waals surface area contributed by atoms with Crippen molar-refractivity contribution in [2.24, 2.45) is 29.1 Å². The Hall–Kier alpha value is -2.86. The highest BCUT2D eigenvalue weighted by atomic mass is 14.6. The maximum atomic E-state index is 2.70. The van der Waals surface area contributed by atoms with Crippen molar-refractivity contribution >= 4 is 5.57 Å². The number of fused-ring (bicyclic) bond motifs is 3. The van der Waals surface area contributed by atoms with Crippen LogP contribution in [0.1, 0.15) is 75.0 Å². The van der Waals surface area contributed by atoms with E-state index in [0.717, 1.165) is 30.1 Å². The normalized spacial score (nSPS) is 35.0. The Kier molecular flexibility index (Phi) is 4.69. The number of allylic oxidation sites excluding steroid dienone is 10. The smallest absolute Gasteiger partial charge is 0.0281 e. The van der Waals surface area contributed by atoms with E-state index in [1.54, 1.807) is 11.1 Å². The molecule has 37 heavy (non-hydrogen) atoms. The van der Waals surface area contributed by atoms with Gasteiger partial charge >= 0.3 is 0 Å². The fourth-order valence-corrected chi connectivity index (χ4v) is 10.1. The fraction of sp³-hybridized carbons (Fsp3) is 0.405. The van der Waals surface area contributed by atoms with Crippen LogP contribution >= 0.6 is 0 Å². The van der Waals surface area contributed by atoms with E-state index in [2.05, 4.69) is 105 Å². The van der Waals surface area contributed by atoms with E-state index in [1.807, 2.05) is 0 Å². The second-order valence-corrected chi connectivity index (χ2v) is 13.3. The monoisotopic (exact) mass is 482 g/mol. The molecule has 2 aromatic carbocycles. The Morgan fingerprint density at radius 3 is 2.24 bits per heavy atom. The topological polar surface area (TPSA) is 0 Å². The van der Waals surface area contributed by atoms with Gasteiger partial charge in [-0.1, -0.05) is 110 Å². The Morgan fingerprint density at radius 1 is 0.784 bits per heavy atom. The summed E-state index contributed by atoms with van der Waals surface area (Å²) in [5.41, 5.74) is 11.1. The molecule has 7 aliphatic rings. The van der Waals surface area contributed by atoms with Crippen LogP contribution in [-0.4, -0.2) is 0 Å². The average molecular weight is 483 g/mol. The van der Waals surface area contributed by atoms with Crippen LogP contribution in [0.3, 0.4) is 0 Å². The van der Waals surface area contributed by atoms with Crippen molar-refractivity contribution < 1.29 is 0 Å². The van der Waals surface area contributed by atoms with Gasteiger partial charge in [-0.15, -0.1) is 0 Å². The van der Waals surface area contributed by atoms with Gasteiger partial charge in [-0.2, -0.15) is 0 Å². The Balaban J connectivity index is 1.25. The summed E-state index contributed by atoms with van der Waals surface area (Å²) in [5, 5.41) is 0. The van der Waals surface area contributed by atoms with Crippen molar-refractivity contribution in [3.05, 3.63) is 124 Å². The Morgan fingerprint density at radius 2 is 1.49 bits per heavy atom. The van der Waals surface area contributed by atoms with E-state index in [0.29, 0.717) is 5.92 Å². The summed E-state index contributed by atoms with van der Waals surface area (Å²) in [4.78, 5) is 0. The first-order valence-corrected chi connectivity index (χ1v) is 14.7. The number of rotatable bonds is 4. The zero-order chi connectivity index (χ0) is 24.8. The Bertz CT molecular complexity index is 1390. The molecule has 4 fully saturated rings. The zero-order valence-electron chi connectivity index (χ0n) is 22.3. The van der Waals surface area contributed by atoms with Crippen LogP contribution in [-0.2, 0) is 5.41 Å². The summed E-state index contributed by atoms with van der Waals surface area (Å²) >= 11 is 0. The van der Waals surface area contributed by atoms with Gasteiger partial charge in [0.2, 0.25) is 0 Å². The van der Waals surface area contributed by atoms with Gasteiger partial charge in [0.25, 0.3) is 0 Å².